The van der Waals surface area contributed by atoms with Gasteiger partial charge in [-0.3, -0.25) is 4.90 Å². The van der Waals surface area contributed by atoms with Crippen molar-refractivity contribution < 1.29 is 13.2 Å². The van der Waals surface area contributed by atoms with E-state index in [1.165, 1.54) is 23.2 Å². The van der Waals surface area contributed by atoms with Crippen LogP contribution in [0.3, 0.4) is 0 Å². The van der Waals surface area contributed by atoms with Crippen LogP contribution in [-0.2, 0) is 16.6 Å². The van der Waals surface area contributed by atoms with Crippen LogP contribution in [-0.4, -0.2) is 42.7 Å². The Bertz CT molecular complexity index is 1180. The molecule has 164 valence electrons. The fraction of sp³-hybridized carbons (Fsp3) is 0.409. The SMILES string of the molecule is CS(=O)(=O)NC1C[C@H]2CC[C@H](C1)N2Cc1ccc(Oc2nc3c(Cl)cccc3s2)cc1. The molecule has 5 rings (SSSR count). The highest BCUT2D eigenvalue weighted by molar-refractivity contribution is 7.88. The summed E-state index contributed by atoms with van der Waals surface area (Å²) in [5, 5.41) is 1.21. The van der Waals surface area contributed by atoms with Crippen molar-refractivity contribution in [2.45, 2.75) is 50.4 Å². The molecule has 3 heterocycles. The highest BCUT2D eigenvalue weighted by atomic mass is 35.5. The number of hydrogen-bond donors (Lipinski definition) is 1. The monoisotopic (exact) mass is 477 g/mol. The Balaban J connectivity index is 1.23. The highest BCUT2D eigenvalue weighted by Gasteiger charge is 2.41. The molecule has 2 fully saturated rings. The number of nitrogens with one attached hydrogen (secondary N) is 1. The molecule has 0 saturated carbocycles. The molecule has 2 aliphatic heterocycles. The van der Waals surface area contributed by atoms with Crippen LogP contribution in [0.4, 0.5) is 0 Å². The van der Waals surface area contributed by atoms with Gasteiger partial charge in [0.15, 0.2) is 0 Å². The summed E-state index contributed by atoms with van der Waals surface area (Å²) in [5.74, 6) is 0.748. The second-order valence-electron chi connectivity index (χ2n) is 8.43. The van der Waals surface area contributed by atoms with E-state index in [-0.39, 0.29) is 6.04 Å². The number of fused-ring (bicyclic) bond motifs is 3. The Labute approximate surface area is 191 Å². The van der Waals surface area contributed by atoms with Crippen LogP contribution < -0.4 is 9.46 Å². The van der Waals surface area contributed by atoms with Gasteiger partial charge in [-0.1, -0.05) is 41.1 Å². The van der Waals surface area contributed by atoms with E-state index in [4.69, 9.17) is 16.3 Å². The summed E-state index contributed by atoms with van der Waals surface area (Å²) >= 11 is 7.68. The first-order chi connectivity index (χ1) is 14.8. The number of nitrogens with zero attached hydrogens (tertiary/aromatic N) is 2. The van der Waals surface area contributed by atoms with Gasteiger partial charge in [0.1, 0.15) is 11.3 Å². The summed E-state index contributed by atoms with van der Waals surface area (Å²) in [6.45, 7) is 0.873. The third-order valence-electron chi connectivity index (χ3n) is 6.11. The van der Waals surface area contributed by atoms with Gasteiger partial charge in [-0.15, -0.1) is 0 Å². The van der Waals surface area contributed by atoms with Gasteiger partial charge in [-0.25, -0.2) is 18.1 Å². The quantitative estimate of drug-likeness (QED) is 0.552. The Kier molecular flexibility index (Phi) is 5.68. The van der Waals surface area contributed by atoms with E-state index in [2.05, 4.69) is 26.7 Å². The minimum Gasteiger partial charge on any atom is -0.431 e. The average molecular weight is 478 g/mol. The van der Waals surface area contributed by atoms with Gasteiger partial charge in [-0.2, -0.15) is 0 Å². The number of aromatic nitrogens is 1. The molecule has 6 nitrogen and oxygen atoms in total. The van der Waals surface area contributed by atoms with Crippen molar-refractivity contribution >= 4 is 43.2 Å². The number of benzene rings is 2. The number of thiazole rings is 1. The lowest BCUT2D eigenvalue weighted by atomic mass is 9.97. The molecule has 2 saturated heterocycles. The molecule has 1 N–H and O–H groups in total. The molecule has 9 heteroatoms. The van der Waals surface area contributed by atoms with Crippen molar-refractivity contribution in [2.24, 2.45) is 0 Å². The van der Waals surface area contributed by atoms with Gasteiger partial charge < -0.3 is 4.74 Å². The summed E-state index contributed by atoms with van der Waals surface area (Å²) in [5.41, 5.74) is 2.00. The van der Waals surface area contributed by atoms with E-state index in [9.17, 15) is 8.42 Å². The Morgan fingerprint density at radius 3 is 2.52 bits per heavy atom. The fourth-order valence-electron chi connectivity index (χ4n) is 4.84. The molecule has 1 aromatic heterocycles. The van der Waals surface area contributed by atoms with Crippen LogP contribution in [0.15, 0.2) is 42.5 Å². The zero-order chi connectivity index (χ0) is 21.6. The molecule has 31 heavy (non-hydrogen) atoms. The van der Waals surface area contributed by atoms with Gasteiger partial charge in [-0.05, 0) is 55.5 Å². The molecule has 3 aromatic rings. The van der Waals surface area contributed by atoms with Crippen molar-refractivity contribution in [3.8, 4) is 10.9 Å². The number of para-hydroxylation sites is 1. The molecule has 2 bridgehead atoms. The smallest absolute Gasteiger partial charge is 0.279 e. The van der Waals surface area contributed by atoms with Crippen molar-refractivity contribution in [2.75, 3.05) is 6.26 Å². The third kappa shape index (κ3) is 4.73. The normalized spacial score (nSPS) is 24.0. The number of piperidine rings is 1. The molecular weight excluding hydrogens is 454 g/mol. The Hall–Kier alpha value is -1.71. The first kappa shape index (κ1) is 21.2. The van der Waals surface area contributed by atoms with E-state index >= 15 is 0 Å². The summed E-state index contributed by atoms with van der Waals surface area (Å²) in [4.78, 5) is 7.03. The lowest BCUT2D eigenvalue weighted by Gasteiger charge is -2.39. The van der Waals surface area contributed by atoms with Gasteiger partial charge in [0.25, 0.3) is 5.19 Å². The number of ether oxygens (including phenoxy) is 1. The summed E-state index contributed by atoms with van der Waals surface area (Å²) in [6.07, 6.45) is 5.27. The van der Waals surface area contributed by atoms with Gasteiger partial charge in [0, 0.05) is 24.7 Å². The Morgan fingerprint density at radius 1 is 1.16 bits per heavy atom. The van der Waals surface area contributed by atoms with Gasteiger partial charge in [0.05, 0.1) is 16.0 Å². The maximum Gasteiger partial charge on any atom is 0.279 e. The first-order valence-corrected chi connectivity index (χ1v) is 13.5. The predicted molar refractivity (Wildman–Crippen MR) is 125 cm³/mol. The van der Waals surface area contributed by atoms with Gasteiger partial charge >= 0.3 is 0 Å². The minimum atomic E-state index is -3.16. The minimum absolute atomic E-state index is 0.0573. The van der Waals surface area contributed by atoms with E-state index in [0.717, 1.165) is 48.2 Å². The molecule has 0 amide bonds. The maximum absolute atomic E-state index is 11.6. The van der Waals surface area contributed by atoms with E-state index in [1.54, 1.807) is 0 Å². The first-order valence-electron chi connectivity index (χ1n) is 10.4. The van der Waals surface area contributed by atoms with Gasteiger partial charge in [0.2, 0.25) is 10.0 Å². The zero-order valence-electron chi connectivity index (χ0n) is 17.1. The topological polar surface area (TPSA) is 71.5 Å². The van der Waals surface area contributed by atoms with Crippen LogP contribution in [0.1, 0.15) is 31.2 Å². The molecule has 2 aromatic carbocycles. The molecule has 0 aliphatic carbocycles. The maximum atomic E-state index is 11.6. The number of hydrogen-bond acceptors (Lipinski definition) is 6. The number of rotatable bonds is 6. The predicted octanol–water partition coefficient (Wildman–Crippen LogP) is 4.79. The number of halogens is 1. The second kappa shape index (κ2) is 8.33. The summed E-state index contributed by atoms with van der Waals surface area (Å²) < 4.78 is 32.9. The molecule has 0 radical (unpaired) electrons. The van der Waals surface area contributed by atoms with Crippen molar-refractivity contribution in [1.29, 1.82) is 0 Å². The van der Waals surface area contributed by atoms with Crippen LogP contribution >= 0.6 is 22.9 Å². The van der Waals surface area contributed by atoms with Crippen molar-refractivity contribution in [3.05, 3.63) is 53.1 Å². The molecule has 0 unspecified atom stereocenters. The van der Waals surface area contributed by atoms with Crippen LogP contribution in [0, 0.1) is 0 Å². The Morgan fingerprint density at radius 2 is 1.87 bits per heavy atom. The van der Waals surface area contributed by atoms with E-state index in [0.29, 0.717) is 22.3 Å². The van der Waals surface area contributed by atoms with Crippen LogP contribution in [0.25, 0.3) is 10.2 Å². The highest BCUT2D eigenvalue weighted by Crippen LogP contribution is 2.38. The standard InChI is InChI=1S/C22H24ClN3O3S2/c1-31(27,28)25-15-11-16-7-8-17(12-15)26(16)13-14-5-9-18(10-6-14)29-22-24-21-19(23)3-2-4-20(21)30-22/h2-6,9-10,15-17,25H,7-8,11-13H2,1H3/t16-,17-/m1/s1. The number of sulfonamides is 1. The average Bonchev–Trinajstić information content (AvgIpc) is 3.21. The largest absolute Gasteiger partial charge is 0.431 e. The second-order valence-corrected chi connectivity index (χ2v) is 11.6. The van der Waals surface area contributed by atoms with Crippen molar-refractivity contribution in [1.82, 2.24) is 14.6 Å². The molecule has 0 spiro atoms. The molecular formula is C22H24ClN3O3S2. The van der Waals surface area contributed by atoms with Crippen molar-refractivity contribution in [3.63, 3.8) is 0 Å². The lowest BCUT2D eigenvalue weighted by molar-refractivity contribution is 0.116. The van der Waals surface area contributed by atoms with Crippen LogP contribution in [0.2, 0.25) is 5.02 Å². The molecule has 2 aliphatic rings. The summed E-state index contributed by atoms with van der Waals surface area (Å²) in [6, 6.07) is 14.8. The summed E-state index contributed by atoms with van der Waals surface area (Å²) in [7, 11) is -3.16. The fourth-order valence-corrected chi connectivity index (χ4v) is 6.78. The molecule has 2 atom stereocenters. The lowest BCUT2D eigenvalue weighted by Crippen LogP contribution is -2.49. The third-order valence-corrected chi connectivity index (χ3v) is 8.07. The van der Waals surface area contributed by atoms with Crippen LogP contribution in [0.5, 0.6) is 10.9 Å². The van der Waals surface area contributed by atoms with E-state index in [1.807, 2.05) is 30.3 Å². The van der Waals surface area contributed by atoms with E-state index < -0.39 is 10.0 Å². The zero-order valence-corrected chi connectivity index (χ0v) is 19.5.